The first-order valence-electron chi connectivity index (χ1n) is 11.4. The molecule has 1 aromatic heterocycles. The van der Waals surface area contributed by atoms with Crippen molar-refractivity contribution in [3.8, 4) is 0 Å². The van der Waals surface area contributed by atoms with Gasteiger partial charge in [-0.15, -0.1) is 0 Å². The molecule has 6 heteroatoms. The molecule has 1 aromatic rings. The van der Waals surface area contributed by atoms with Crippen LogP contribution in [0.4, 0.5) is 5.95 Å². The van der Waals surface area contributed by atoms with E-state index in [9.17, 15) is 0 Å². The van der Waals surface area contributed by atoms with Crippen LogP contribution in [0.25, 0.3) is 0 Å². The molecule has 2 saturated heterocycles. The highest BCUT2D eigenvalue weighted by Crippen LogP contribution is 2.40. The summed E-state index contributed by atoms with van der Waals surface area (Å²) < 4.78 is 11.5. The van der Waals surface area contributed by atoms with E-state index in [1.807, 2.05) is 6.20 Å². The first-order valence-corrected chi connectivity index (χ1v) is 11.4. The number of allylic oxidation sites excluding steroid dienone is 2. The van der Waals surface area contributed by atoms with E-state index < -0.39 is 0 Å². The van der Waals surface area contributed by atoms with Crippen molar-refractivity contribution < 1.29 is 9.47 Å². The van der Waals surface area contributed by atoms with Gasteiger partial charge in [0, 0.05) is 44.6 Å². The standard InChI is InChI=1S/C23H34N4O2/c1-2-4-19(5-3-1)14-27-9-8-23(16-27)17-29-15-20-13-25-22(26-21(20)23)24-12-18-6-10-28-11-7-18/h1-2,13,18-19H,3-12,14-17H2,(H,24,25,26)/t19-,23+/m1/s1. The van der Waals surface area contributed by atoms with Gasteiger partial charge < -0.3 is 19.7 Å². The molecule has 1 spiro atoms. The third-order valence-electron chi connectivity index (χ3n) is 7.22. The van der Waals surface area contributed by atoms with Crippen LogP contribution in [0.1, 0.15) is 49.8 Å². The topological polar surface area (TPSA) is 59.5 Å². The molecule has 6 nitrogen and oxygen atoms in total. The fourth-order valence-corrected chi connectivity index (χ4v) is 5.48. The molecule has 4 heterocycles. The van der Waals surface area contributed by atoms with E-state index in [-0.39, 0.29) is 5.41 Å². The molecular formula is C23H34N4O2. The summed E-state index contributed by atoms with van der Waals surface area (Å²) >= 11 is 0. The first-order chi connectivity index (χ1) is 14.3. The average Bonchev–Trinajstić information content (AvgIpc) is 3.17. The minimum Gasteiger partial charge on any atom is -0.381 e. The van der Waals surface area contributed by atoms with Gasteiger partial charge in [0.05, 0.1) is 24.3 Å². The smallest absolute Gasteiger partial charge is 0.222 e. The number of likely N-dealkylation sites (tertiary alicyclic amines) is 1. The Morgan fingerprint density at radius 3 is 2.93 bits per heavy atom. The Bertz CT molecular complexity index is 734. The Kier molecular flexibility index (Phi) is 5.84. The van der Waals surface area contributed by atoms with Gasteiger partial charge in [-0.25, -0.2) is 9.97 Å². The normalized spacial score (nSPS) is 30.6. The van der Waals surface area contributed by atoms with Crippen molar-refractivity contribution in [3.05, 3.63) is 29.6 Å². The Balaban J connectivity index is 1.27. The van der Waals surface area contributed by atoms with Crippen molar-refractivity contribution in [2.24, 2.45) is 11.8 Å². The third-order valence-corrected chi connectivity index (χ3v) is 7.22. The highest BCUT2D eigenvalue weighted by molar-refractivity contribution is 5.36. The number of anilines is 1. The quantitative estimate of drug-likeness (QED) is 0.769. The molecule has 29 heavy (non-hydrogen) atoms. The number of hydrogen-bond donors (Lipinski definition) is 1. The number of ether oxygens (including phenoxy) is 2. The second-order valence-electron chi connectivity index (χ2n) is 9.41. The molecule has 2 atom stereocenters. The molecular weight excluding hydrogens is 364 g/mol. The van der Waals surface area contributed by atoms with Crippen LogP contribution in [0.2, 0.25) is 0 Å². The van der Waals surface area contributed by atoms with Crippen molar-refractivity contribution in [1.29, 1.82) is 0 Å². The average molecular weight is 399 g/mol. The van der Waals surface area contributed by atoms with Crippen molar-refractivity contribution in [3.63, 3.8) is 0 Å². The van der Waals surface area contributed by atoms with Crippen LogP contribution in [0.3, 0.4) is 0 Å². The molecule has 0 radical (unpaired) electrons. The van der Waals surface area contributed by atoms with Gasteiger partial charge in [-0.1, -0.05) is 12.2 Å². The molecule has 0 amide bonds. The highest BCUT2D eigenvalue weighted by Gasteiger charge is 2.45. The van der Waals surface area contributed by atoms with Gasteiger partial charge in [0.1, 0.15) is 0 Å². The molecule has 0 saturated carbocycles. The molecule has 1 N–H and O–H groups in total. The van der Waals surface area contributed by atoms with Crippen LogP contribution in [-0.2, 0) is 21.5 Å². The molecule has 4 aliphatic rings. The maximum atomic E-state index is 6.01. The van der Waals surface area contributed by atoms with Gasteiger partial charge in [-0.2, -0.15) is 0 Å². The molecule has 158 valence electrons. The highest BCUT2D eigenvalue weighted by atomic mass is 16.5. The lowest BCUT2D eigenvalue weighted by atomic mass is 9.80. The summed E-state index contributed by atoms with van der Waals surface area (Å²) in [6, 6.07) is 0. The SMILES string of the molecule is C1=CC[C@@H](CN2CC[C@@]3(COCc4cnc(NCC5CCOCC5)nc43)C2)CC1. The molecule has 1 aliphatic carbocycles. The van der Waals surface area contributed by atoms with Crippen LogP contribution in [0.5, 0.6) is 0 Å². The predicted molar refractivity (Wildman–Crippen MR) is 113 cm³/mol. The summed E-state index contributed by atoms with van der Waals surface area (Å²) in [6.07, 6.45) is 13.9. The van der Waals surface area contributed by atoms with Crippen molar-refractivity contribution in [2.75, 3.05) is 51.3 Å². The summed E-state index contributed by atoms with van der Waals surface area (Å²) in [7, 11) is 0. The van der Waals surface area contributed by atoms with Crippen LogP contribution >= 0.6 is 0 Å². The Labute approximate surface area is 174 Å². The fraction of sp³-hybridized carbons (Fsp3) is 0.739. The fourth-order valence-electron chi connectivity index (χ4n) is 5.48. The third kappa shape index (κ3) is 4.35. The number of nitrogens with zero attached hydrogens (tertiary/aromatic N) is 3. The van der Waals surface area contributed by atoms with E-state index in [2.05, 4.69) is 27.4 Å². The summed E-state index contributed by atoms with van der Waals surface area (Å²) in [4.78, 5) is 12.3. The van der Waals surface area contributed by atoms with Crippen LogP contribution in [0.15, 0.2) is 18.3 Å². The van der Waals surface area contributed by atoms with Crippen LogP contribution in [-0.4, -0.2) is 60.9 Å². The summed E-state index contributed by atoms with van der Waals surface area (Å²) in [5, 5.41) is 3.51. The Morgan fingerprint density at radius 2 is 2.07 bits per heavy atom. The van der Waals surface area contributed by atoms with Gasteiger partial charge in [0.2, 0.25) is 5.95 Å². The zero-order chi connectivity index (χ0) is 19.5. The predicted octanol–water partition coefficient (Wildman–Crippen LogP) is 3.15. The number of fused-ring (bicyclic) bond motifs is 2. The molecule has 0 aromatic carbocycles. The molecule has 0 unspecified atom stereocenters. The zero-order valence-corrected chi connectivity index (χ0v) is 17.4. The van der Waals surface area contributed by atoms with Crippen molar-refractivity contribution >= 4 is 5.95 Å². The minimum atomic E-state index is 0.0378. The van der Waals surface area contributed by atoms with E-state index >= 15 is 0 Å². The van der Waals surface area contributed by atoms with Gasteiger partial charge in [-0.05, 0) is 56.9 Å². The van der Waals surface area contributed by atoms with Gasteiger partial charge >= 0.3 is 0 Å². The number of aromatic nitrogens is 2. The number of rotatable bonds is 5. The second kappa shape index (κ2) is 8.70. The Hall–Kier alpha value is -1.50. The number of hydrogen-bond acceptors (Lipinski definition) is 6. The van der Waals surface area contributed by atoms with E-state index in [0.29, 0.717) is 12.5 Å². The summed E-state index contributed by atoms with van der Waals surface area (Å²) in [5.74, 6) is 2.25. The van der Waals surface area contributed by atoms with Crippen molar-refractivity contribution in [2.45, 2.75) is 50.5 Å². The van der Waals surface area contributed by atoms with Crippen LogP contribution in [0, 0.1) is 11.8 Å². The lowest BCUT2D eigenvalue weighted by Crippen LogP contribution is -2.41. The lowest BCUT2D eigenvalue weighted by Gasteiger charge is -2.35. The summed E-state index contributed by atoms with van der Waals surface area (Å²) in [5.41, 5.74) is 2.45. The zero-order valence-electron chi connectivity index (χ0n) is 17.4. The second-order valence-corrected chi connectivity index (χ2v) is 9.41. The van der Waals surface area contributed by atoms with Gasteiger partial charge in [0.25, 0.3) is 0 Å². The molecule has 0 bridgehead atoms. The molecule has 2 fully saturated rings. The monoisotopic (exact) mass is 398 g/mol. The van der Waals surface area contributed by atoms with E-state index in [4.69, 9.17) is 14.5 Å². The largest absolute Gasteiger partial charge is 0.381 e. The maximum absolute atomic E-state index is 6.01. The lowest BCUT2D eigenvalue weighted by molar-refractivity contribution is 0.0498. The maximum Gasteiger partial charge on any atom is 0.222 e. The molecule has 3 aliphatic heterocycles. The van der Waals surface area contributed by atoms with Gasteiger partial charge in [-0.3, -0.25) is 0 Å². The summed E-state index contributed by atoms with van der Waals surface area (Å²) in [6.45, 7) is 7.56. The molecule has 5 rings (SSSR count). The van der Waals surface area contributed by atoms with Crippen molar-refractivity contribution in [1.82, 2.24) is 14.9 Å². The van der Waals surface area contributed by atoms with E-state index in [0.717, 1.165) is 70.6 Å². The van der Waals surface area contributed by atoms with Crippen LogP contribution < -0.4 is 5.32 Å². The first kappa shape index (κ1) is 19.5. The minimum absolute atomic E-state index is 0.0378. The number of nitrogens with one attached hydrogen (secondary N) is 1. The van der Waals surface area contributed by atoms with E-state index in [1.165, 1.54) is 37.1 Å². The van der Waals surface area contributed by atoms with E-state index in [1.54, 1.807) is 0 Å². The Morgan fingerprint density at radius 1 is 1.14 bits per heavy atom. The van der Waals surface area contributed by atoms with Gasteiger partial charge in [0.15, 0.2) is 0 Å².